The van der Waals surface area contributed by atoms with Crippen molar-refractivity contribution in [2.24, 2.45) is 0 Å². The highest BCUT2D eigenvalue weighted by molar-refractivity contribution is 5.84. The van der Waals surface area contributed by atoms with Crippen LogP contribution in [0.5, 0.6) is 0 Å². The smallest absolute Gasteiger partial charge is 0.236 e. The molecule has 13 heteroatoms. The number of nitrogens with two attached hydrogens (primary N) is 1. The van der Waals surface area contributed by atoms with E-state index in [0.29, 0.717) is 42.9 Å². The van der Waals surface area contributed by atoms with Crippen LogP contribution in [0.1, 0.15) is 24.2 Å². The number of anilines is 3. The highest BCUT2D eigenvalue weighted by Gasteiger charge is 2.40. The molecule has 2 N–H and O–H groups in total. The summed E-state index contributed by atoms with van der Waals surface area (Å²) in [5, 5.41) is 9.21. The minimum absolute atomic E-state index is 0.155. The molecule has 3 saturated heterocycles. The van der Waals surface area contributed by atoms with Gasteiger partial charge < -0.3 is 20.3 Å². The number of hydrogen-bond donors (Lipinski definition) is 1. The second-order valence-corrected chi connectivity index (χ2v) is 11.7. The molecule has 7 heterocycles. The summed E-state index contributed by atoms with van der Waals surface area (Å²) in [6, 6.07) is 19.4. The van der Waals surface area contributed by atoms with Crippen molar-refractivity contribution in [1.29, 1.82) is 5.26 Å². The van der Waals surface area contributed by atoms with Crippen LogP contribution in [0.25, 0.3) is 28.2 Å². The molecule has 2 atom stereocenters. The quantitative estimate of drug-likeness (QED) is 0.305. The molecule has 4 aromatic heterocycles. The molecule has 5 aromatic rings. The number of hydrogen-bond acceptors (Lipinski definition) is 12. The van der Waals surface area contributed by atoms with Gasteiger partial charge in [0.1, 0.15) is 29.5 Å². The van der Waals surface area contributed by atoms with Crippen molar-refractivity contribution in [3.8, 4) is 23.1 Å². The van der Waals surface area contributed by atoms with Gasteiger partial charge in [0, 0.05) is 56.7 Å². The van der Waals surface area contributed by atoms with Gasteiger partial charge in [-0.1, -0.05) is 12.1 Å². The molecule has 226 valence electrons. The largest absolute Gasteiger partial charge is 0.383 e. The summed E-state index contributed by atoms with van der Waals surface area (Å²) in [4.78, 5) is 34.1. The first-order valence-electron chi connectivity index (χ1n) is 15.3. The molecule has 1 aromatic carbocycles. The van der Waals surface area contributed by atoms with Crippen molar-refractivity contribution in [3.05, 3.63) is 72.4 Å². The molecule has 3 fully saturated rings. The average molecular weight is 601 g/mol. The summed E-state index contributed by atoms with van der Waals surface area (Å²) in [6.45, 7) is 5.50. The van der Waals surface area contributed by atoms with E-state index in [-0.39, 0.29) is 5.82 Å². The van der Waals surface area contributed by atoms with E-state index < -0.39 is 0 Å². The monoisotopic (exact) mass is 600 g/mol. The predicted octanol–water partition coefficient (Wildman–Crippen LogP) is 2.81. The van der Waals surface area contributed by atoms with E-state index >= 15 is 0 Å². The Morgan fingerprint density at radius 1 is 0.889 bits per heavy atom. The lowest BCUT2D eigenvalue weighted by atomic mass is 10.1. The van der Waals surface area contributed by atoms with Gasteiger partial charge >= 0.3 is 0 Å². The molecular weight excluding hydrogens is 568 g/mol. The summed E-state index contributed by atoms with van der Waals surface area (Å²) >= 11 is 0. The average Bonchev–Trinajstić information content (AvgIpc) is 3.57. The van der Waals surface area contributed by atoms with Crippen molar-refractivity contribution in [1.82, 2.24) is 39.4 Å². The zero-order valence-electron chi connectivity index (χ0n) is 24.7. The van der Waals surface area contributed by atoms with Gasteiger partial charge in [0.25, 0.3) is 0 Å². The SMILES string of the molecule is N#Cc1ncnc(N2CC3CCC(C2)N3Cc2ccc(-n3c(-c4cccnc4N)nc4ccc(N5CCOCC5)nc43)cc2)n1. The van der Waals surface area contributed by atoms with Gasteiger partial charge in [-0.3, -0.25) is 9.47 Å². The first kappa shape index (κ1) is 27.4. The van der Waals surface area contributed by atoms with Crippen molar-refractivity contribution in [2.75, 3.05) is 54.9 Å². The number of benzene rings is 1. The Kier molecular flexibility index (Phi) is 6.92. The molecule has 3 aliphatic rings. The zero-order valence-corrected chi connectivity index (χ0v) is 24.7. The van der Waals surface area contributed by atoms with Crippen LogP contribution in [-0.2, 0) is 11.3 Å². The minimum Gasteiger partial charge on any atom is -0.383 e. The Hall–Kier alpha value is -5.19. The summed E-state index contributed by atoms with van der Waals surface area (Å²) in [6.07, 6.45) is 5.37. The fourth-order valence-electron chi connectivity index (χ4n) is 6.81. The van der Waals surface area contributed by atoms with E-state index in [1.165, 1.54) is 11.9 Å². The van der Waals surface area contributed by atoms with E-state index in [2.05, 4.69) is 63.5 Å². The molecule has 3 aliphatic heterocycles. The van der Waals surface area contributed by atoms with E-state index in [9.17, 15) is 5.26 Å². The van der Waals surface area contributed by atoms with Crippen molar-refractivity contribution < 1.29 is 4.74 Å². The Bertz CT molecular complexity index is 1880. The van der Waals surface area contributed by atoms with E-state index in [0.717, 1.165) is 73.8 Å². The van der Waals surface area contributed by atoms with E-state index in [1.807, 2.05) is 30.3 Å². The molecule has 2 unspecified atom stereocenters. The molecule has 0 aliphatic carbocycles. The number of rotatable bonds is 6. The summed E-state index contributed by atoms with van der Waals surface area (Å²) in [7, 11) is 0. The van der Waals surface area contributed by atoms with Crippen molar-refractivity contribution >= 4 is 28.7 Å². The van der Waals surface area contributed by atoms with Crippen LogP contribution in [0.2, 0.25) is 0 Å². The molecule has 0 amide bonds. The first-order chi connectivity index (χ1) is 22.1. The highest BCUT2D eigenvalue weighted by Crippen LogP contribution is 2.34. The number of ether oxygens (including phenoxy) is 1. The lowest BCUT2D eigenvalue weighted by Gasteiger charge is -2.41. The minimum atomic E-state index is 0.155. The number of nitriles is 1. The number of imidazole rings is 1. The van der Waals surface area contributed by atoms with Gasteiger partial charge in [0.05, 0.1) is 18.8 Å². The van der Waals surface area contributed by atoms with Gasteiger partial charge in [0.15, 0.2) is 11.5 Å². The Balaban J connectivity index is 1.09. The molecule has 0 spiro atoms. The second-order valence-electron chi connectivity index (χ2n) is 11.7. The molecule has 0 saturated carbocycles. The highest BCUT2D eigenvalue weighted by atomic mass is 16.5. The molecule has 45 heavy (non-hydrogen) atoms. The van der Waals surface area contributed by atoms with Crippen LogP contribution in [0, 0.1) is 11.3 Å². The number of fused-ring (bicyclic) bond motifs is 3. The van der Waals surface area contributed by atoms with Crippen LogP contribution in [-0.4, -0.2) is 90.8 Å². The van der Waals surface area contributed by atoms with Crippen LogP contribution < -0.4 is 15.5 Å². The maximum Gasteiger partial charge on any atom is 0.236 e. The lowest BCUT2D eigenvalue weighted by Crippen LogP contribution is -2.53. The van der Waals surface area contributed by atoms with Gasteiger partial charge in [-0.25, -0.2) is 24.9 Å². The maximum absolute atomic E-state index is 9.21. The van der Waals surface area contributed by atoms with Gasteiger partial charge in [-0.2, -0.15) is 10.2 Å². The predicted molar refractivity (Wildman–Crippen MR) is 169 cm³/mol. The molecule has 13 nitrogen and oxygen atoms in total. The van der Waals surface area contributed by atoms with Crippen LogP contribution in [0.4, 0.5) is 17.6 Å². The molecule has 2 bridgehead atoms. The normalized spacial score (nSPS) is 20.1. The van der Waals surface area contributed by atoms with Gasteiger partial charge in [0.2, 0.25) is 11.8 Å². The van der Waals surface area contributed by atoms with Crippen LogP contribution in [0.15, 0.2) is 61.1 Å². The third kappa shape index (κ3) is 5.07. The molecule has 0 radical (unpaired) electrons. The Morgan fingerprint density at radius 2 is 1.69 bits per heavy atom. The number of nitrogen functional groups attached to an aromatic ring is 1. The standard InChI is InChI=1S/C32H32N12O/c33-16-27-36-20-37-32(39-27)42-18-23-7-8-24(19-42)43(23)17-21-3-5-22(6-4-21)44-30(25-2-1-11-35-29(25)34)38-26-9-10-28(40-31(26)44)41-12-14-45-15-13-41/h1-6,9-11,20,23-24H,7-8,12-15,17-19H2,(H2,34,35). The molecule has 8 rings (SSSR count). The first-order valence-corrected chi connectivity index (χ1v) is 15.3. The fraction of sp³-hybridized carbons (Fsp3) is 0.344. The topological polar surface area (TPSA) is 151 Å². The van der Waals surface area contributed by atoms with Gasteiger partial charge in [-0.15, -0.1) is 0 Å². The summed E-state index contributed by atoms with van der Waals surface area (Å²) < 4.78 is 7.65. The maximum atomic E-state index is 9.21. The third-order valence-electron chi connectivity index (χ3n) is 9.04. The zero-order chi connectivity index (χ0) is 30.3. The third-order valence-corrected chi connectivity index (χ3v) is 9.04. The summed E-state index contributed by atoms with van der Waals surface area (Å²) in [5.41, 5.74) is 10.9. The number of morpholine rings is 1. The van der Waals surface area contributed by atoms with Crippen LogP contribution >= 0.6 is 0 Å². The van der Waals surface area contributed by atoms with E-state index in [4.69, 9.17) is 20.4 Å². The lowest BCUT2D eigenvalue weighted by molar-refractivity contribution is 0.122. The van der Waals surface area contributed by atoms with Crippen molar-refractivity contribution in [3.63, 3.8) is 0 Å². The number of nitrogens with zero attached hydrogens (tertiary/aromatic N) is 11. The summed E-state index contributed by atoms with van der Waals surface area (Å²) in [5.74, 6) is 2.79. The van der Waals surface area contributed by atoms with Crippen LogP contribution in [0.3, 0.4) is 0 Å². The number of pyridine rings is 2. The number of piperazine rings is 1. The number of aromatic nitrogens is 7. The van der Waals surface area contributed by atoms with Crippen molar-refractivity contribution in [2.45, 2.75) is 31.5 Å². The second kappa shape index (κ2) is 11.4. The van der Waals surface area contributed by atoms with Gasteiger partial charge in [-0.05, 0) is 54.8 Å². The Morgan fingerprint density at radius 3 is 2.44 bits per heavy atom. The van der Waals surface area contributed by atoms with E-state index in [1.54, 1.807) is 6.20 Å². The fourth-order valence-corrected chi connectivity index (χ4v) is 6.81. The molecular formula is C32H32N12O. The Labute approximate surface area is 260 Å².